The van der Waals surface area contributed by atoms with Gasteiger partial charge in [0.05, 0.1) is 17.8 Å². The number of aliphatic imine (C=N–C) groups is 1. The van der Waals surface area contributed by atoms with Gasteiger partial charge in [-0.05, 0) is 12.1 Å². The number of hydrogen-bond acceptors (Lipinski definition) is 2. The highest BCUT2D eigenvalue weighted by molar-refractivity contribution is 6.77. The summed E-state index contributed by atoms with van der Waals surface area (Å²) in [7, 11) is 0. The van der Waals surface area contributed by atoms with E-state index in [-0.39, 0.29) is 17.9 Å². The van der Waals surface area contributed by atoms with Crippen molar-refractivity contribution in [3.63, 3.8) is 0 Å². The van der Waals surface area contributed by atoms with Crippen LogP contribution in [0.3, 0.4) is 0 Å². The predicted octanol–water partition coefficient (Wildman–Crippen LogP) is 3.72. The van der Waals surface area contributed by atoms with Crippen LogP contribution in [-0.4, -0.2) is 15.3 Å². The normalized spacial score (nSPS) is 15.9. The highest BCUT2D eigenvalue weighted by Gasteiger charge is 2.33. The van der Waals surface area contributed by atoms with E-state index >= 15 is 0 Å². The van der Waals surface area contributed by atoms with E-state index in [0.717, 1.165) is 0 Å². The third-order valence-electron chi connectivity index (χ3n) is 2.12. The number of hydrogen-bond donors (Lipinski definition) is 0. The number of ketones is 1. The molecule has 0 saturated heterocycles. The highest BCUT2D eigenvalue weighted by atomic mass is 35.6. The quantitative estimate of drug-likeness (QED) is 0.655. The zero-order valence-corrected chi connectivity index (χ0v) is 9.77. The van der Waals surface area contributed by atoms with E-state index in [1.54, 1.807) is 24.3 Å². The number of halogens is 3. The minimum Gasteiger partial charge on any atom is -0.294 e. The molecule has 0 radical (unpaired) electrons. The van der Waals surface area contributed by atoms with Crippen LogP contribution in [0, 0.1) is 0 Å². The lowest BCUT2D eigenvalue weighted by molar-refractivity contribution is 0.0999. The number of Topliss-reactive ketones (excluding diaryl/α,β-unsaturated/α-hetero) is 1. The number of benzene rings is 1. The average molecular weight is 263 g/mol. The van der Waals surface area contributed by atoms with Crippen LogP contribution in [0.25, 0.3) is 0 Å². The zero-order valence-electron chi connectivity index (χ0n) is 7.51. The van der Waals surface area contributed by atoms with Crippen molar-refractivity contribution in [1.82, 2.24) is 0 Å². The second-order valence-corrected chi connectivity index (χ2v) is 5.45. The maximum atomic E-state index is 11.7. The Morgan fingerprint density at radius 3 is 2.53 bits per heavy atom. The Labute approximate surface area is 102 Å². The number of para-hydroxylation sites is 1. The van der Waals surface area contributed by atoms with Crippen molar-refractivity contribution in [3.05, 3.63) is 29.8 Å². The molecule has 0 aromatic heterocycles. The Morgan fingerprint density at radius 2 is 1.87 bits per heavy atom. The Hall–Kier alpha value is -0.570. The molecule has 1 heterocycles. The van der Waals surface area contributed by atoms with Gasteiger partial charge in [-0.1, -0.05) is 46.9 Å². The first-order valence-corrected chi connectivity index (χ1v) is 5.39. The van der Waals surface area contributed by atoms with Gasteiger partial charge in [0, 0.05) is 5.56 Å². The molecule has 0 fully saturated rings. The number of fused-ring (bicyclic) bond motifs is 1. The lowest BCUT2D eigenvalue weighted by Gasteiger charge is -2.19. The highest BCUT2D eigenvalue weighted by Crippen LogP contribution is 2.35. The summed E-state index contributed by atoms with van der Waals surface area (Å²) in [6, 6.07) is 7.02. The van der Waals surface area contributed by atoms with Crippen LogP contribution in [-0.2, 0) is 0 Å². The summed E-state index contributed by atoms with van der Waals surface area (Å²) >= 11 is 17.1. The molecule has 2 nitrogen and oxygen atoms in total. The number of carbonyl (C=O) groups excluding carboxylic acids is 1. The maximum Gasteiger partial charge on any atom is 0.229 e. The molecule has 1 aromatic rings. The van der Waals surface area contributed by atoms with Crippen molar-refractivity contribution >= 4 is 52.0 Å². The topological polar surface area (TPSA) is 29.4 Å². The Morgan fingerprint density at radius 1 is 1.20 bits per heavy atom. The molecule has 5 heteroatoms. The standard InChI is InChI=1S/C10H6Cl3NO/c11-10(12,13)9-5-8(15)6-3-1-2-4-7(6)14-9/h1-4H,5H2. The number of nitrogens with zero attached hydrogens (tertiary/aromatic N) is 1. The number of carbonyl (C=O) groups is 1. The predicted molar refractivity (Wildman–Crippen MR) is 62.8 cm³/mol. The van der Waals surface area contributed by atoms with Crippen LogP contribution in [0.5, 0.6) is 0 Å². The SMILES string of the molecule is O=C1CC(C(Cl)(Cl)Cl)=Nc2ccccc21. The summed E-state index contributed by atoms with van der Waals surface area (Å²) in [5, 5.41) is 0. The molecule has 15 heavy (non-hydrogen) atoms. The van der Waals surface area contributed by atoms with Gasteiger partial charge in [-0.3, -0.25) is 9.79 Å². The van der Waals surface area contributed by atoms with Crippen LogP contribution in [0.15, 0.2) is 29.3 Å². The zero-order chi connectivity index (χ0) is 11.1. The van der Waals surface area contributed by atoms with E-state index < -0.39 is 3.79 Å². The first kappa shape index (κ1) is 10.9. The fourth-order valence-electron chi connectivity index (χ4n) is 1.40. The molecule has 78 valence electrons. The average Bonchev–Trinajstić information content (AvgIpc) is 2.16. The summed E-state index contributed by atoms with van der Waals surface area (Å²) < 4.78 is -1.61. The number of alkyl halides is 3. The molecule has 0 atom stereocenters. The smallest absolute Gasteiger partial charge is 0.229 e. The van der Waals surface area contributed by atoms with E-state index in [1.165, 1.54) is 0 Å². The van der Waals surface area contributed by atoms with Gasteiger partial charge in [-0.2, -0.15) is 0 Å². The van der Waals surface area contributed by atoms with E-state index in [1.807, 2.05) is 0 Å². The van der Waals surface area contributed by atoms with E-state index in [4.69, 9.17) is 34.8 Å². The summed E-state index contributed by atoms with van der Waals surface area (Å²) in [6.45, 7) is 0. The molecular formula is C10H6Cl3NO. The third-order valence-corrected chi connectivity index (χ3v) is 2.77. The Balaban J connectivity index is 2.52. The molecule has 1 aliphatic rings. The minimum atomic E-state index is -1.61. The van der Waals surface area contributed by atoms with Gasteiger partial charge < -0.3 is 0 Å². The van der Waals surface area contributed by atoms with Gasteiger partial charge in [0.15, 0.2) is 5.78 Å². The largest absolute Gasteiger partial charge is 0.294 e. The molecule has 0 N–H and O–H groups in total. The van der Waals surface area contributed by atoms with E-state index in [2.05, 4.69) is 4.99 Å². The fourth-order valence-corrected chi connectivity index (χ4v) is 1.73. The summed E-state index contributed by atoms with van der Waals surface area (Å²) in [5.41, 5.74) is 1.42. The van der Waals surface area contributed by atoms with Gasteiger partial charge in [0.1, 0.15) is 0 Å². The van der Waals surface area contributed by atoms with Gasteiger partial charge in [0.25, 0.3) is 0 Å². The van der Waals surface area contributed by atoms with E-state index in [0.29, 0.717) is 11.3 Å². The van der Waals surface area contributed by atoms with Crippen LogP contribution >= 0.6 is 34.8 Å². The van der Waals surface area contributed by atoms with Crippen LogP contribution < -0.4 is 0 Å². The molecule has 1 aromatic carbocycles. The molecule has 1 aliphatic heterocycles. The maximum absolute atomic E-state index is 11.7. The van der Waals surface area contributed by atoms with Crippen LogP contribution in [0.1, 0.15) is 16.8 Å². The molecule has 0 spiro atoms. The summed E-state index contributed by atoms with van der Waals surface area (Å²) in [4.78, 5) is 15.9. The van der Waals surface area contributed by atoms with Gasteiger partial charge in [0.2, 0.25) is 3.79 Å². The van der Waals surface area contributed by atoms with Gasteiger partial charge in [-0.25, -0.2) is 0 Å². The van der Waals surface area contributed by atoms with Crippen molar-refractivity contribution in [2.75, 3.05) is 0 Å². The monoisotopic (exact) mass is 261 g/mol. The Kier molecular flexibility index (Phi) is 2.75. The molecule has 2 rings (SSSR count). The van der Waals surface area contributed by atoms with Gasteiger partial charge in [-0.15, -0.1) is 0 Å². The van der Waals surface area contributed by atoms with Crippen molar-refractivity contribution < 1.29 is 4.79 Å². The van der Waals surface area contributed by atoms with Crippen molar-refractivity contribution in [3.8, 4) is 0 Å². The molecule has 0 aliphatic carbocycles. The molecule has 0 saturated carbocycles. The molecule has 0 amide bonds. The van der Waals surface area contributed by atoms with Crippen LogP contribution in [0.4, 0.5) is 5.69 Å². The van der Waals surface area contributed by atoms with Crippen LogP contribution in [0.2, 0.25) is 0 Å². The lowest BCUT2D eigenvalue weighted by Crippen LogP contribution is -2.25. The summed E-state index contributed by atoms with van der Waals surface area (Å²) in [5.74, 6) is -0.0677. The first-order chi connectivity index (χ1) is 6.98. The third kappa shape index (κ3) is 2.17. The fraction of sp³-hybridized carbons (Fsp3) is 0.200. The molecular weight excluding hydrogens is 256 g/mol. The molecule has 0 unspecified atom stereocenters. The minimum absolute atomic E-state index is 0.0630. The molecule has 0 bridgehead atoms. The lowest BCUT2D eigenvalue weighted by atomic mass is 10.0. The van der Waals surface area contributed by atoms with Gasteiger partial charge >= 0.3 is 0 Å². The second-order valence-electron chi connectivity index (χ2n) is 3.17. The summed E-state index contributed by atoms with van der Waals surface area (Å²) in [6.07, 6.45) is 0.0630. The second kappa shape index (κ2) is 3.78. The Bertz CT molecular complexity index is 448. The number of rotatable bonds is 0. The van der Waals surface area contributed by atoms with E-state index in [9.17, 15) is 4.79 Å². The van der Waals surface area contributed by atoms with Crippen molar-refractivity contribution in [2.24, 2.45) is 4.99 Å². The first-order valence-electron chi connectivity index (χ1n) is 4.25. The van der Waals surface area contributed by atoms with Crippen molar-refractivity contribution in [1.29, 1.82) is 0 Å². The van der Waals surface area contributed by atoms with Crippen molar-refractivity contribution in [2.45, 2.75) is 10.2 Å².